The summed E-state index contributed by atoms with van der Waals surface area (Å²) in [5.74, 6) is 0.720. The van der Waals surface area contributed by atoms with E-state index in [0.717, 1.165) is 5.82 Å². The Morgan fingerprint density at radius 1 is 1.67 bits per heavy atom. The van der Waals surface area contributed by atoms with Crippen LogP contribution in [-0.4, -0.2) is 16.2 Å². The largest absolute Gasteiger partial charge is 0.343 e. The first kappa shape index (κ1) is 9.19. The Hall–Kier alpha value is -0.900. The Balaban J connectivity index is 2.17. The van der Waals surface area contributed by atoms with Crippen molar-refractivity contribution in [2.75, 3.05) is 0 Å². The quantitative estimate of drug-likeness (QED) is 0.722. The molecule has 0 spiro atoms. The predicted octanol–water partition coefficient (Wildman–Crippen LogP) is 1.35. The SMILES string of the molecule is CCCC(C)NCc1ncon1. The van der Waals surface area contributed by atoms with Crippen molar-refractivity contribution in [2.45, 2.75) is 39.3 Å². The first-order chi connectivity index (χ1) is 5.83. The van der Waals surface area contributed by atoms with Gasteiger partial charge in [0.15, 0.2) is 5.82 Å². The van der Waals surface area contributed by atoms with Crippen molar-refractivity contribution in [3.63, 3.8) is 0 Å². The van der Waals surface area contributed by atoms with Crippen LogP contribution in [0.3, 0.4) is 0 Å². The third-order valence-electron chi connectivity index (χ3n) is 1.74. The summed E-state index contributed by atoms with van der Waals surface area (Å²) in [7, 11) is 0. The summed E-state index contributed by atoms with van der Waals surface area (Å²) in [5, 5.41) is 7.00. The Morgan fingerprint density at radius 3 is 3.08 bits per heavy atom. The maximum Gasteiger partial charge on any atom is 0.213 e. The van der Waals surface area contributed by atoms with Crippen molar-refractivity contribution in [3.8, 4) is 0 Å². The molecule has 68 valence electrons. The van der Waals surface area contributed by atoms with Crippen molar-refractivity contribution >= 4 is 0 Å². The maximum atomic E-state index is 4.61. The predicted molar refractivity (Wildman–Crippen MR) is 45.5 cm³/mol. The molecule has 1 unspecified atom stereocenters. The van der Waals surface area contributed by atoms with Crippen LogP contribution in [0.1, 0.15) is 32.5 Å². The molecule has 0 bridgehead atoms. The molecule has 0 saturated carbocycles. The molecule has 1 aromatic rings. The lowest BCUT2D eigenvalue weighted by Gasteiger charge is -2.09. The Kier molecular flexibility index (Phi) is 3.73. The zero-order chi connectivity index (χ0) is 8.81. The summed E-state index contributed by atoms with van der Waals surface area (Å²) in [6.45, 7) is 5.02. The molecule has 0 amide bonds. The Labute approximate surface area is 72.4 Å². The van der Waals surface area contributed by atoms with Crippen LogP contribution in [0.15, 0.2) is 10.9 Å². The number of nitrogens with zero attached hydrogens (tertiary/aromatic N) is 2. The smallest absolute Gasteiger partial charge is 0.213 e. The molecule has 0 radical (unpaired) electrons. The summed E-state index contributed by atoms with van der Waals surface area (Å²) >= 11 is 0. The number of aromatic nitrogens is 2. The molecule has 1 rings (SSSR count). The van der Waals surface area contributed by atoms with Crippen LogP contribution in [-0.2, 0) is 6.54 Å². The second-order valence-electron chi connectivity index (χ2n) is 2.92. The van der Waals surface area contributed by atoms with Crippen LogP contribution in [0, 0.1) is 0 Å². The molecule has 0 fully saturated rings. The summed E-state index contributed by atoms with van der Waals surface area (Å²) in [6, 6.07) is 0.522. The van der Waals surface area contributed by atoms with Gasteiger partial charge in [0.1, 0.15) is 0 Å². The summed E-state index contributed by atoms with van der Waals surface area (Å²) in [4.78, 5) is 3.91. The van der Waals surface area contributed by atoms with E-state index in [1.165, 1.54) is 19.2 Å². The highest BCUT2D eigenvalue weighted by Crippen LogP contribution is 1.96. The molecule has 1 atom stereocenters. The lowest BCUT2D eigenvalue weighted by Crippen LogP contribution is -2.25. The zero-order valence-corrected chi connectivity index (χ0v) is 7.58. The van der Waals surface area contributed by atoms with E-state index in [0.29, 0.717) is 12.6 Å². The zero-order valence-electron chi connectivity index (χ0n) is 7.58. The Bertz CT molecular complexity index is 198. The van der Waals surface area contributed by atoms with Gasteiger partial charge in [-0.2, -0.15) is 4.98 Å². The van der Waals surface area contributed by atoms with Gasteiger partial charge < -0.3 is 9.84 Å². The van der Waals surface area contributed by atoms with E-state index in [1.54, 1.807) is 0 Å². The molecule has 0 aliphatic carbocycles. The molecule has 4 heteroatoms. The van der Waals surface area contributed by atoms with Crippen LogP contribution in [0.5, 0.6) is 0 Å². The van der Waals surface area contributed by atoms with E-state index in [4.69, 9.17) is 0 Å². The summed E-state index contributed by atoms with van der Waals surface area (Å²) < 4.78 is 4.61. The topological polar surface area (TPSA) is 51.0 Å². The second kappa shape index (κ2) is 4.87. The van der Waals surface area contributed by atoms with E-state index < -0.39 is 0 Å². The van der Waals surface area contributed by atoms with E-state index in [9.17, 15) is 0 Å². The average molecular weight is 169 g/mol. The van der Waals surface area contributed by atoms with E-state index in [1.807, 2.05) is 0 Å². The standard InChI is InChI=1S/C8H15N3O/c1-3-4-7(2)9-5-8-10-6-12-11-8/h6-7,9H,3-5H2,1-2H3. The van der Waals surface area contributed by atoms with Gasteiger partial charge in [-0.15, -0.1) is 0 Å². The van der Waals surface area contributed by atoms with Gasteiger partial charge in [0, 0.05) is 6.04 Å². The first-order valence-electron chi connectivity index (χ1n) is 4.31. The number of hydrogen-bond acceptors (Lipinski definition) is 4. The second-order valence-corrected chi connectivity index (χ2v) is 2.92. The van der Waals surface area contributed by atoms with Crippen LogP contribution in [0.2, 0.25) is 0 Å². The minimum Gasteiger partial charge on any atom is -0.343 e. The monoisotopic (exact) mass is 169 g/mol. The minimum atomic E-state index is 0.522. The highest BCUT2D eigenvalue weighted by atomic mass is 16.5. The number of rotatable bonds is 5. The van der Waals surface area contributed by atoms with E-state index in [2.05, 4.69) is 33.8 Å². The molecular weight excluding hydrogens is 154 g/mol. The third kappa shape index (κ3) is 3.00. The van der Waals surface area contributed by atoms with Gasteiger partial charge in [0.2, 0.25) is 6.39 Å². The van der Waals surface area contributed by atoms with Crippen molar-refractivity contribution in [1.82, 2.24) is 15.5 Å². The van der Waals surface area contributed by atoms with Crippen molar-refractivity contribution in [1.29, 1.82) is 0 Å². The molecule has 0 aliphatic rings. The van der Waals surface area contributed by atoms with Crippen molar-refractivity contribution in [2.24, 2.45) is 0 Å². The molecular formula is C8H15N3O. The molecule has 1 aromatic heterocycles. The average Bonchev–Trinajstić information content (AvgIpc) is 2.53. The molecule has 0 aromatic carbocycles. The van der Waals surface area contributed by atoms with Gasteiger partial charge in [-0.1, -0.05) is 18.5 Å². The molecule has 1 N–H and O–H groups in total. The maximum absolute atomic E-state index is 4.61. The van der Waals surface area contributed by atoms with Gasteiger partial charge in [0.25, 0.3) is 0 Å². The van der Waals surface area contributed by atoms with E-state index >= 15 is 0 Å². The highest BCUT2D eigenvalue weighted by molar-refractivity contribution is 4.77. The molecule has 0 aliphatic heterocycles. The Morgan fingerprint density at radius 2 is 2.50 bits per heavy atom. The molecule has 0 saturated heterocycles. The van der Waals surface area contributed by atoms with Gasteiger partial charge in [-0.3, -0.25) is 0 Å². The fourth-order valence-electron chi connectivity index (χ4n) is 1.07. The van der Waals surface area contributed by atoms with Gasteiger partial charge in [-0.05, 0) is 13.3 Å². The lowest BCUT2D eigenvalue weighted by molar-refractivity contribution is 0.403. The molecule has 1 heterocycles. The number of nitrogens with one attached hydrogen (secondary N) is 1. The van der Waals surface area contributed by atoms with Crippen LogP contribution < -0.4 is 5.32 Å². The normalized spacial score (nSPS) is 13.2. The van der Waals surface area contributed by atoms with Gasteiger partial charge >= 0.3 is 0 Å². The van der Waals surface area contributed by atoms with Crippen molar-refractivity contribution < 1.29 is 4.52 Å². The number of hydrogen-bond donors (Lipinski definition) is 1. The molecule has 4 nitrogen and oxygen atoms in total. The highest BCUT2D eigenvalue weighted by Gasteiger charge is 2.01. The lowest BCUT2D eigenvalue weighted by atomic mass is 10.2. The first-order valence-corrected chi connectivity index (χ1v) is 4.31. The van der Waals surface area contributed by atoms with Crippen LogP contribution in [0.4, 0.5) is 0 Å². The van der Waals surface area contributed by atoms with Crippen molar-refractivity contribution in [3.05, 3.63) is 12.2 Å². The van der Waals surface area contributed by atoms with E-state index in [-0.39, 0.29) is 0 Å². The van der Waals surface area contributed by atoms with Crippen LogP contribution in [0.25, 0.3) is 0 Å². The summed E-state index contributed by atoms with van der Waals surface area (Å²) in [6.07, 6.45) is 3.72. The third-order valence-corrected chi connectivity index (χ3v) is 1.74. The molecule has 12 heavy (non-hydrogen) atoms. The minimum absolute atomic E-state index is 0.522. The fraction of sp³-hybridized carbons (Fsp3) is 0.750. The van der Waals surface area contributed by atoms with Gasteiger partial charge in [-0.25, -0.2) is 0 Å². The van der Waals surface area contributed by atoms with Crippen LogP contribution >= 0.6 is 0 Å². The fourth-order valence-corrected chi connectivity index (χ4v) is 1.07. The van der Waals surface area contributed by atoms with Gasteiger partial charge in [0.05, 0.1) is 6.54 Å². The summed E-state index contributed by atoms with van der Waals surface area (Å²) in [5.41, 5.74) is 0.